The first kappa shape index (κ1) is 13.3. The highest BCUT2D eigenvalue weighted by Gasteiger charge is 2.71. The van der Waals surface area contributed by atoms with Crippen molar-refractivity contribution in [3.05, 3.63) is 0 Å². The van der Waals surface area contributed by atoms with Crippen LogP contribution >= 0.6 is 0 Å². The molecule has 7 nitrogen and oxygen atoms in total. The molecule has 0 aromatic rings. The van der Waals surface area contributed by atoms with Gasteiger partial charge in [-0.2, -0.15) is 0 Å². The molecular formula is C11H16O7. The van der Waals surface area contributed by atoms with Crippen LogP contribution in [0, 0.1) is 0 Å². The molecule has 2 saturated heterocycles. The number of hydrogen-bond acceptors (Lipinski definition) is 5. The van der Waals surface area contributed by atoms with E-state index in [9.17, 15) is 19.8 Å². The number of ether oxygens (including phenoxy) is 3. The van der Waals surface area contributed by atoms with E-state index in [1.54, 1.807) is 13.8 Å². The number of carboxylic acid groups (broad SMARTS) is 2. The van der Waals surface area contributed by atoms with Gasteiger partial charge in [0.15, 0.2) is 17.0 Å². The molecule has 2 aliphatic heterocycles. The van der Waals surface area contributed by atoms with Crippen molar-refractivity contribution in [3.8, 4) is 0 Å². The topological polar surface area (TPSA) is 102 Å². The lowest BCUT2D eigenvalue weighted by molar-refractivity contribution is -0.233. The highest BCUT2D eigenvalue weighted by atomic mass is 16.8. The number of carboxylic acids is 2. The van der Waals surface area contributed by atoms with E-state index in [4.69, 9.17) is 14.2 Å². The largest absolute Gasteiger partial charge is 0.479 e. The fourth-order valence-electron chi connectivity index (χ4n) is 2.45. The van der Waals surface area contributed by atoms with E-state index < -0.39 is 41.1 Å². The second-order valence-electron chi connectivity index (χ2n) is 5.40. The predicted octanol–water partition coefficient (Wildman–Crippen LogP) is 0.223. The SMILES string of the molecule is CC1(C)O[C@@H]2[C@H](O1)[C@@](C)(C(=O)O)O[C@@]2(C)C(=O)O. The van der Waals surface area contributed by atoms with Crippen LogP contribution in [0.2, 0.25) is 0 Å². The first-order valence-corrected chi connectivity index (χ1v) is 5.55. The van der Waals surface area contributed by atoms with Crippen LogP contribution in [0.4, 0.5) is 0 Å². The van der Waals surface area contributed by atoms with Gasteiger partial charge in [0.05, 0.1) is 0 Å². The molecule has 2 rings (SSSR count). The summed E-state index contributed by atoms with van der Waals surface area (Å²) in [6.45, 7) is 5.81. The molecule has 2 N–H and O–H groups in total. The molecule has 0 radical (unpaired) electrons. The maximum Gasteiger partial charge on any atom is 0.338 e. The highest BCUT2D eigenvalue weighted by molar-refractivity contribution is 5.84. The second-order valence-corrected chi connectivity index (χ2v) is 5.40. The van der Waals surface area contributed by atoms with E-state index >= 15 is 0 Å². The molecule has 4 atom stereocenters. The van der Waals surface area contributed by atoms with Crippen molar-refractivity contribution in [1.29, 1.82) is 0 Å². The number of hydrogen-bond donors (Lipinski definition) is 2. The smallest absolute Gasteiger partial charge is 0.338 e. The van der Waals surface area contributed by atoms with Crippen LogP contribution in [0.3, 0.4) is 0 Å². The Labute approximate surface area is 104 Å². The molecule has 7 heteroatoms. The fraction of sp³-hybridized carbons (Fsp3) is 0.818. The van der Waals surface area contributed by atoms with Gasteiger partial charge in [0.25, 0.3) is 0 Å². The van der Waals surface area contributed by atoms with Crippen LogP contribution in [0.5, 0.6) is 0 Å². The Morgan fingerprint density at radius 1 is 0.889 bits per heavy atom. The summed E-state index contributed by atoms with van der Waals surface area (Å²) >= 11 is 0. The van der Waals surface area contributed by atoms with Crippen LogP contribution in [0.15, 0.2) is 0 Å². The molecule has 18 heavy (non-hydrogen) atoms. The van der Waals surface area contributed by atoms with Gasteiger partial charge < -0.3 is 24.4 Å². The molecule has 0 bridgehead atoms. The van der Waals surface area contributed by atoms with Gasteiger partial charge in [-0.15, -0.1) is 0 Å². The van der Waals surface area contributed by atoms with Crippen LogP contribution < -0.4 is 0 Å². The minimum atomic E-state index is -1.74. The minimum absolute atomic E-state index is 0.967. The zero-order valence-electron chi connectivity index (χ0n) is 10.6. The third-order valence-electron chi connectivity index (χ3n) is 3.46. The van der Waals surface area contributed by atoms with E-state index in [1.807, 2.05) is 0 Å². The summed E-state index contributed by atoms with van der Waals surface area (Å²) in [5, 5.41) is 18.5. The van der Waals surface area contributed by atoms with Crippen molar-refractivity contribution in [1.82, 2.24) is 0 Å². The van der Waals surface area contributed by atoms with Crippen molar-refractivity contribution in [2.24, 2.45) is 0 Å². The van der Waals surface area contributed by atoms with E-state index in [0.29, 0.717) is 0 Å². The Hall–Kier alpha value is -1.18. The first-order chi connectivity index (χ1) is 8.03. The molecule has 2 heterocycles. The van der Waals surface area contributed by atoms with Gasteiger partial charge in [0, 0.05) is 0 Å². The predicted molar refractivity (Wildman–Crippen MR) is 57.0 cm³/mol. The number of rotatable bonds is 2. The summed E-state index contributed by atoms with van der Waals surface area (Å²) < 4.78 is 16.3. The Kier molecular flexibility index (Phi) is 2.53. The van der Waals surface area contributed by atoms with E-state index in [0.717, 1.165) is 0 Å². The normalized spacial score (nSPS) is 45.8. The molecule has 0 unspecified atom stereocenters. The second kappa shape index (κ2) is 3.43. The van der Waals surface area contributed by atoms with Gasteiger partial charge in [0.1, 0.15) is 12.2 Å². The number of carbonyl (C=O) groups is 2. The highest BCUT2D eigenvalue weighted by Crippen LogP contribution is 2.49. The van der Waals surface area contributed by atoms with Crippen molar-refractivity contribution in [2.75, 3.05) is 0 Å². The molecule has 0 aromatic carbocycles. The van der Waals surface area contributed by atoms with Gasteiger partial charge in [-0.3, -0.25) is 0 Å². The molecule has 0 aliphatic carbocycles. The lowest BCUT2D eigenvalue weighted by atomic mass is 9.92. The van der Waals surface area contributed by atoms with Gasteiger partial charge >= 0.3 is 11.9 Å². The van der Waals surface area contributed by atoms with Crippen molar-refractivity contribution in [3.63, 3.8) is 0 Å². The monoisotopic (exact) mass is 260 g/mol. The van der Waals surface area contributed by atoms with Crippen LogP contribution in [-0.2, 0) is 23.8 Å². The maximum absolute atomic E-state index is 11.3. The number of aliphatic carboxylic acids is 2. The summed E-state index contributed by atoms with van der Waals surface area (Å²) in [5.41, 5.74) is -3.49. The molecule has 102 valence electrons. The maximum atomic E-state index is 11.3. The summed E-state index contributed by atoms with van der Waals surface area (Å²) in [6.07, 6.45) is -1.93. The summed E-state index contributed by atoms with van der Waals surface area (Å²) in [4.78, 5) is 22.7. The van der Waals surface area contributed by atoms with Gasteiger partial charge in [-0.25, -0.2) is 9.59 Å². The summed E-state index contributed by atoms with van der Waals surface area (Å²) in [6, 6.07) is 0. The Morgan fingerprint density at radius 3 is 1.50 bits per heavy atom. The molecular weight excluding hydrogens is 244 g/mol. The fourth-order valence-corrected chi connectivity index (χ4v) is 2.45. The van der Waals surface area contributed by atoms with Crippen LogP contribution in [0.25, 0.3) is 0 Å². The van der Waals surface area contributed by atoms with Crippen molar-refractivity contribution in [2.45, 2.75) is 56.9 Å². The average molecular weight is 260 g/mol. The van der Waals surface area contributed by atoms with Crippen molar-refractivity contribution < 1.29 is 34.0 Å². The third kappa shape index (κ3) is 1.54. The summed E-state index contributed by atoms with van der Waals surface area (Å²) in [7, 11) is 0. The van der Waals surface area contributed by atoms with Gasteiger partial charge in [-0.05, 0) is 27.7 Å². The molecule has 0 saturated carbocycles. The molecule has 2 aliphatic rings. The van der Waals surface area contributed by atoms with E-state index in [-0.39, 0.29) is 0 Å². The minimum Gasteiger partial charge on any atom is -0.479 e. The summed E-state index contributed by atoms with van der Waals surface area (Å²) in [5.74, 6) is -3.58. The third-order valence-corrected chi connectivity index (χ3v) is 3.46. The van der Waals surface area contributed by atoms with Gasteiger partial charge in [0.2, 0.25) is 0 Å². The average Bonchev–Trinajstić information content (AvgIpc) is 2.62. The van der Waals surface area contributed by atoms with E-state index in [2.05, 4.69) is 0 Å². The van der Waals surface area contributed by atoms with Crippen LogP contribution in [0.1, 0.15) is 27.7 Å². The molecule has 0 aromatic heterocycles. The van der Waals surface area contributed by atoms with Gasteiger partial charge in [-0.1, -0.05) is 0 Å². The quantitative estimate of drug-likeness (QED) is 0.732. The molecule has 0 spiro atoms. The zero-order valence-corrected chi connectivity index (χ0v) is 10.6. The van der Waals surface area contributed by atoms with Crippen LogP contribution in [-0.4, -0.2) is 51.3 Å². The molecule has 2 fully saturated rings. The molecule has 0 amide bonds. The lowest BCUT2D eigenvalue weighted by Crippen LogP contribution is -2.48. The standard InChI is InChI=1S/C11H16O7/c1-9(2)16-5-6(17-9)11(4,8(14)15)18-10(5,3)7(12)13/h5-6H,1-4H3,(H,12,13)(H,14,15)/t5-,6+,10-,11+. The Bertz CT molecular complexity index is 382. The lowest BCUT2D eigenvalue weighted by Gasteiger charge is -2.30. The van der Waals surface area contributed by atoms with Crippen molar-refractivity contribution >= 4 is 11.9 Å². The number of fused-ring (bicyclic) bond motifs is 1. The zero-order chi connectivity index (χ0) is 13.9. The van der Waals surface area contributed by atoms with E-state index in [1.165, 1.54) is 13.8 Å². The Balaban J connectivity index is 2.48. The first-order valence-electron chi connectivity index (χ1n) is 5.55. The Morgan fingerprint density at radius 2 is 1.22 bits per heavy atom.